The Bertz CT molecular complexity index is 423. The van der Waals surface area contributed by atoms with Gasteiger partial charge in [-0.1, -0.05) is 38.4 Å². The zero-order chi connectivity index (χ0) is 13.3. The van der Waals surface area contributed by atoms with E-state index in [9.17, 15) is 0 Å². The van der Waals surface area contributed by atoms with Crippen LogP contribution in [0.2, 0.25) is 5.02 Å². The van der Waals surface area contributed by atoms with Gasteiger partial charge in [-0.2, -0.15) is 0 Å². The molecule has 0 amide bonds. The molecule has 0 N–H and O–H groups in total. The summed E-state index contributed by atoms with van der Waals surface area (Å²) >= 11 is 12.2. The van der Waals surface area contributed by atoms with Gasteiger partial charge in [0.1, 0.15) is 0 Å². The van der Waals surface area contributed by atoms with Crippen molar-refractivity contribution in [3.8, 4) is 0 Å². The molecule has 0 aromatic heterocycles. The average Bonchev–Trinajstić information content (AvgIpc) is 2.77. The van der Waals surface area contributed by atoms with Crippen molar-refractivity contribution in [3.63, 3.8) is 0 Å². The Morgan fingerprint density at radius 3 is 2.56 bits per heavy atom. The molecule has 0 saturated carbocycles. The van der Waals surface area contributed by atoms with Gasteiger partial charge >= 0.3 is 0 Å². The van der Waals surface area contributed by atoms with E-state index in [1.165, 1.54) is 6.42 Å². The minimum absolute atomic E-state index is 0.372. The Balaban J connectivity index is 2.14. The maximum atomic E-state index is 6.35. The van der Waals surface area contributed by atoms with Crippen molar-refractivity contribution in [2.24, 2.45) is 11.3 Å². The highest BCUT2D eigenvalue weighted by Gasteiger charge is 2.32. The smallest absolute Gasteiger partial charge is 0.0642 e. The molecule has 1 aliphatic rings. The highest BCUT2D eigenvalue weighted by molar-refractivity contribution is 6.33. The van der Waals surface area contributed by atoms with Crippen molar-refractivity contribution in [3.05, 3.63) is 28.8 Å². The Kier molecular flexibility index (Phi) is 4.13. The molecule has 0 spiro atoms. The fourth-order valence-corrected chi connectivity index (χ4v) is 3.06. The number of nitrogens with zero attached hydrogens (tertiary/aromatic N) is 1. The topological polar surface area (TPSA) is 3.24 Å². The minimum atomic E-state index is 0.372. The van der Waals surface area contributed by atoms with Crippen LogP contribution in [0.3, 0.4) is 0 Å². The maximum Gasteiger partial charge on any atom is 0.0642 e. The lowest BCUT2D eigenvalue weighted by atomic mass is 9.80. The van der Waals surface area contributed by atoms with Crippen LogP contribution in [0.5, 0.6) is 0 Å². The number of halogens is 2. The summed E-state index contributed by atoms with van der Waals surface area (Å²) in [6.45, 7) is 9.16. The van der Waals surface area contributed by atoms with Gasteiger partial charge in [-0.25, -0.2) is 0 Å². The lowest BCUT2D eigenvalue weighted by Crippen LogP contribution is -2.25. The van der Waals surface area contributed by atoms with Crippen LogP contribution >= 0.6 is 23.2 Å². The Labute approximate surface area is 120 Å². The number of alkyl halides is 1. The van der Waals surface area contributed by atoms with Crippen LogP contribution in [0.4, 0.5) is 5.69 Å². The first-order valence-corrected chi connectivity index (χ1v) is 7.42. The molecule has 1 aromatic rings. The number of hydrogen-bond acceptors (Lipinski definition) is 1. The van der Waals surface area contributed by atoms with Gasteiger partial charge in [0.25, 0.3) is 0 Å². The van der Waals surface area contributed by atoms with Crippen molar-refractivity contribution in [2.45, 2.75) is 33.1 Å². The molecular weight excluding hydrogens is 265 g/mol. The first kappa shape index (κ1) is 14.0. The van der Waals surface area contributed by atoms with Gasteiger partial charge in [-0.05, 0) is 35.4 Å². The van der Waals surface area contributed by atoms with E-state index < -0.39 is 0 Å². The van der Waals surface area contributed by atoms with Crippen molar-refractivity contribution in [2.75, 3.05) is 18.0 Å². The van der Waals surface area contributed by atoms with E-state index in [-0.39, 0.29) is 0 Å². The molecule has 0 radical (unpaired) electrons. The molecule has 1 nitrogen and oxygen atoms in total. The summed E-state index contributed by atoms with van der Waals surface area (Å²) in [5.41, 5.74) is 2.60. The van der Waals surface area contributed by atoms with E-state index in [0.29, 0.717) is 11.3 Å². The van der Waals surface area contributed by atoms with Gasteiger partial charge < -0.3 is 4.90 Å². The van der Waals surface area contributed by atoms with Gasteiger partial charge in [-0.3, -0.25) is 0 Å². The van der Waals surface area contributed by atoms with E-state index >= 15 is 0 Å². The normalized spacial score (nSPS) is 20.5. The molecule has 1 saturated heterocycles. The van der Waals surface area contributed by atoms with Crippen molar-refractivity contribution < 1.29 is 0 Å². The summed E-state index contributed by atoms with van der Waals surface area (Å²) in [6, 6.07) is 6.15. The molecule has 1 fully saturated rings. The fraction of sp³-hybridized carbons (Fsp3) is 0.600. The van der Waals surface area contributed by atoms with Crippen LogP contribution in [0.1, 0.15) is 32.8 Å². The van der Waals surface area contributed by atoms with Crippen LogP contribution in [0.25, 0.3) is 0 Å². The molecule has 1 aromatic carbocycles. The van der Waals surface area contributed by atoms with Gasteiger partial charge in [-0.15, -0.1) is 11.6 Å². The second kappa shape index (κ2) is 5.30. The zero-order valence-electron chi connectivity index (χ0n) is 11.3. The van der Waals surface area contributed by atoms with Crippen LogP contribution in [0.15, 0.2) is 18.2 Å². The number of anilines is 1. The fourth-order valence-electron chi connectivity index (χ4n) is 2.58. The quantitative estimate of drug-likeness (QED) is 0.695. The monoisotopic (exact) mass is 285 g/mol. The molecule has 0 bridgehead atoms. The highest BCUT2D eigenvalue weighted by Crippen LogP contribution is 2.38. The first-order chi connectivity index (χ1) is 8.41. The van der Waals surface area contributed by atoms with Crippen LogP contribution < -0.4 is 4.90 Å². The molecule has 1 aliphatic heterocycles. The second-order valence-electron chi connectivity index (χ2n) is 6.22. The van der Waals surface area contributed by atoms with E-state index in [1.807, 2.05) is 6.07 Å². The number of hydrogen-bond donors (Lipinski definition) is 0. The predicted octanol–water partition coefficient (Wildman–Crippen LogP) is 4.95. The summed E-state index contributed by atoms with van der Waals surface area (Å²) in [6.07, 6.45) is 1.25. The lowest BCUT2D eigenvalue weighted by Gasteiger charge is -2.27. The average molecular weight is 286 g/mol. The van der Waals surface area contributed by atoms with Gasteiger partial charge in [0.05, 0.1) is 10.7 Å². The van der Waals surface area contributed by atoms with E-state index in [4.69, 9.17) is 23.2 Å². The largest absolute Gasteiger partial charge is 0.370 e. The Hall–Kier alpha value is -0.400. The lowest BCUT2D eigenvalue weighted by molar-refractivity contribution is 0.263. The summed E-state index contributed by atoms with van der Waals surface area (Å²) in [5, 5.41) is 0.822. The third-order valence-electron chi connectivity index (χ3n) is 3.92. The maximum absolute atomic E-state index is 6.35. The Morgan fingerprint density at radius 2 is 2.06 bits per heavy atom. The Morgan fingerprint density at radius 1 is 1.33 bits per heavy atom. The molecule has 18 heavy (non-hydrogen) atoms. The summed E-state index contributed by atoms with van der Waals surface area (Å²) < 4.78 is 0. The summed E-state index contributed by atoms with van der Waals surface area (Å²) in [7, 11) is 0. The number of benzene rings is 1. The van der Waals surface area contributed by atoms with E-state index in [1.54, 1.807) is 0 Å². The molecule has 3 heteroatoms. The molecular formula is C15H21Cl2N. The summed E-state index contributed by atoms with van der Waals surface area (Å²) in [5.74, 6) is 1.26. The van der Waals surface area contributed by atoms with Crippen molar-refractivity contribution >= 4 is 28.9 Å². The molecule has 1 unspecified atom stereocenters. The minimum Gasteiger partial charge on any atom is -0.370 e. The van der Waals surface area contributed by atoms with Crippen LogP contribution in [0, 0.1) is 11.3 Å². The van der Waals surface area contributed by atoms with Gasteiger partial charge in [0, 0.05) is 19.0 Å². The number of rotatable bonds is 2. The first-order valence-electron chi connectivity index (χ1n) is 6.51. The van der Waals surface area contributed by atoms with Crippen molar-refractivity contribution in [1.82, 2.24) is 0 Å². The predicted molar refractivity (Wildman–Crippen MR) is 80.8 cm³/mol. The molecule has 0 aliphatic carbocycles. The molecule has 100 valence electrons. The molecule has 1 heterocycles. The van der Waals surface area contributed by atoms with Crippen LogP contribution in [-0.2, 0) is 5.88 Å². The highest BCUT2D eigenvalue weighted by atomic mass is 35.5. The van der Waals surface area contributed by atoms with Crippen molar-refractivity contribution in [1.29, 1.82) is 0 Å². The SMILES string of the molecule is CC(C)(C)C1CCN(c2ccc(CCl)cc2Cl)C1. The second-order valence-corrected chi connectivity index (χ2v) is 6.89. The van der Waals surface area contributed by atoms with Gasteiger partial charge in [0.2, 0.25) is 0 Å². The van der Waals surface area contributed by atoms with Gasteiger partial charge in [0.15, 0.2) is 0 Å². The third-order valence-corrected chi connectivity index (χ3v) is 4.53. The zero-order valence-corrected chi connectivity index (χ0v) is 12.9. The summed E-state index contributed by atoms with van der Waals surface area (Å²) in [4.78, 5) is 2.40. The molecule has 2 rings (SSSR count). The standard InChI is InChI=1S/C15H21Cl2N/c1-15(2,3)12-6-7-18(10-12)14-5-4-11(9-16)8-13(14)17/h4-5,8,12H,6-7,9-10H2,1-3H3. The van der Waals surface area contributed by atoms with E-state index in [0.717, 1.165) is 35.3 Å². The third kappa shape index (κ3) is 2.95. The molecule has 1 atom stereocenters. The van der Waals surface area contributed by atoms with Crippen LogP contribution in [-0.4, -0.2) is 13.1 Å². The van der Waals surface area contributed by atoms with E-state index in [2.05, 4.69) is 37.8 Å².